The molecule has 0 aromatic heterocycles. The van der Waals surface area contributed by atoms with E-state index in [1.807, 2.05) is 52.8 Å². The third-order valence-corrected chi connectivity index (χ3v) is 8.67. The fourth-order valence-corrected chi connectivity index (χ4v) is 7.26. The fourth-order valence-electron chi connectivity index (χ4n) is 6.32. The summed E-state index contributed by atoms with van der Waals surface area (Å²) in [4.78, 5) is 42.8. The Morgan fingerprint density at radius 3 is 2.64 bits per heavy atom. The summed E-state index contributed by atoms with van der Waals surface area (Å²) < 4.78 is 6.52. The number of carbonyl (C=O) groups is 3. The molecule has 198 valence electrons. The summed E-state index contributed by atoms with van der Waals surface area (Å²) in [6.07, 6.45) is 1.25. The Morgan fingerprint density at radius 2 is 2.00 bits per heavy atom. The third-order valence-electron chi connectivity index (χ3n) is 7.83. The number of aliphatic hydroxyl groups is 1. The van der Waals surface area contributed by atoms with Gasteiger partial charge in [-0.05, 0) is 56.2 Å². The topological polar surface area (TPSA) is 108 Å². The number of aryl methyl sites for hydroxylation is 2. The number of hydrogen-bond donors (Lipinski definition) is 3. The number of amides is 3. The zero-order valence-corrected chi connectivity index (χ0v) is 23.3. The van der Waals surface area contributed by atoms with Crippen molar-refractivity contribution in [2.75, 3.05) is 18.5 Å². The van der Waals surface area contributed by atoms with Crippen LogP contribution in [0, 0.1) is 31.6 Å². The minimum Gasteiger partial charge on any atom is -0.394 e. The first-order valence-corrected chi connectivity index (χ1v) is 13.9. The van der Waals surface area contributed by atoms with Crippen LogP contribution in [0.4, 0.5) is 5.69 Å². The molecule has 3 aliphatic heterocycles. The van der Waals surface area contributed by atoms with E-state index in [-0.39, 0.29) is 35.1 Å². The number of ether oxygens (including phenoxy) is 1. The lowest BCUT2D eigenvalue weighted by atomic mass is 9.70. The molecule has 3 N–H and O–H groups in total. The number of likely N-dealkylation sites (tertiary alicyclic amines) is 1. The molecule has 0 aliphatic carbocycles. The van der Waals surface area contributed by atoms with E-state index >= 15 is 0 Å². The minimum absolute atomic E-state index is 0.160. The molecule has 0 saturated carbocycles. The molecule has 3 aliphatic rings. The molecule has 0 radical (unpaired) electrons. The maximum Gasteiger partial charge on any atom is 0.250 e. The van der Waals surface area contributed by atoms with Crippen LogP contribution in [0.5, 0.6) is 0 Å². The molecule has 1 aromatic rings. The predicted molar refractivity (Wildman–Crippen MR) is 141 cm³/mol. The van der Waals surface area contributed by atoms with Crippen molar-refractivity contribution in [2.45, 2.75) is 82.5 Å². The smallest absolute Gasteiger partial charge is 0.250 e. The van der Waals surface area contributed by atoms with E-state index in [1.54, 1.807) is 0 Å². The van der Waals surface area contributed by atoms with Gasteiger partial charge in [-0.3, -0.25) is 14.4 Å². The summed E-state index contributed by atoms with van der Waals surface area (Å²) >= 11 is 3.69. The average Bonchev–Trinajstić information content (AvgIpc) is 3.41. The second-order valence-electron chi connectivity index (χ2n) is 11.0. The molecule has 3 fully saturated rings. The van der Waals surface area contributed by atoms with E-state index in [4.69, 9.17) is 4.74 Å². The number of anilines is 1. The number of alkyl halides is 1. The van der Waals surface area contributed by atoms with Crippen molar-refractivity contribution < 1.29 is 24.2 Å². The van der Waals surface area contributed by atoms with Gasteiger partial charge in [0, 0.05) is 17.1 Å². The first-order chi connectivity index (χ1) is 17.0. The molecular formula is C27H38BrN3O5. The highest BCUT2D eigenvalue weighted by Gasteiger charge is 2.77. The van der Waals surface area contributed by atoms with E-state index in [1.165, 1.54) is 4.90 Å². The average molecular weight is 565 g/mol. The van der Waals surface area contributed by atoms with Gasteiger partial charge >= 0.3 is 0 Å². The highest BCUT2D eigenvalue weighted by atomic mass is 79.9. The van der Waals surface area contributed by atoms with Gasteiger partial charge in [-0.1, -0.05) is 48.8 Å². The Balaban J connectivity index is 1.77. The first-order valence-electron chi connectivity index (χ1n) is 13.0. The SMILES string of the molecule is CCCNC(=O)[C@H]1[C@@H]2OC3(CC2Br)C(C(=O)Nc2cc(C)ccc2C)N([C@@H](CO)CC(C)C)C(=O)[C@H]13. The molecule has 2 bridgehead atoms. The van der Waals surface area contributed by atoms with Crippen LogP contribution in [0.3, 0.4) is 0 Å². The highest BCUT2D eigenvalue weighted by molar-refractivity contribution is 9.09. The summed E-state index contributed by atoms with van der Waals surface area (Å²) in [6, 6.07) is 4.32. The van der Waals surface area contributed by atoms with Crippen LogP contribution < -0.4 is 10.6 Å². The summed E-state index contributed by atoms with van der Waals surface area (Å²) in [5.41, 5.74) is 1.45. The summed E-state index contributed by atoms with van der Waals surface area (Å²) in [7, 11) is 0. The van der Waals surface area contributed by atoms with Crippen molar-refractivity contribution >= 4 is 39.3 Å². The molecule has 1 aromatic carbocycles. The van der Waals surface area contributed by atoms with Gasteiger partial charge in [0.25, 0.3) is 0 Å². The number of halogens is 1. The van der Waals surface area contributed by atoms with Crippen LogP contribution in [0.15, 0.2) is 18.2 Å². The van der Waals surface area contributed by atoms with Crippen molar-refractivity contribution in [1.29, 1.82) is 0 Å². The van der Waals surface area contributed by atoms with E-state index < -0.39 is 35.6 Å². The number of carbonyl (C=O) groups excluding carboxylic acids is 3. The maximum absolute atomic E-state index is 14.1. The standard InChI is InChI=1S/C27H38BrN3O5/c1-6-9-29-24(33)20-21-26(35)31(17(13-32)10-14(2)3)23(27(21)12-18(28)22(20)36-27)25(34)30-19-11-15(4)7-8-16(19)5/h7-8,11,14,17-18,20-23,32H,6,9-10,12-13H2,1-5H3,(H,29,33)(H,30,34)/t17-,18?,20-,21+,22-,23?,27?/m1/s1. The Kier molecular flexibility index (Phi) is 7.84. The van der Waals surface area contributed by atoms with Crippen molar-refractivity contribution in [1.82, 2.24) is 10.2 Å². The number of nitrogens with one attached hydrogen (secondary N) is 2. The van der Waals surface area contributed by atoms with Crippen LogP contribution in [0.1, 0.15) is 51.2 Å². The summed E-state index contributed by atoms with van der Waals surface area (Å²) in [5.74, 6) is -2.12. The summed E-state index contributed by atoms with van der Waals surface area (Å²) in [6.45, 7) is 10.1. The van der Waals surface area contributed by atoms with E-state index in [0.717, 1.165) is 17.5 Å². The lowest BCUT2D eigenvalue weighted by Crippen LogP contribution is -2.57. The minimum atomic E-state index is -1.14. The molecule has 36 heavy (non-hydrogen) atoms. The predicted octanol–water partition coefficient (Wildman–Crippen LogP) is 2.92. The lowest BCUT2D eigenvalue weighted by Gasteiger charge is -2.37. The van der Waals surface area contributed by atoms with Crippen molar-refractivity contribution in [2.24, 2.45) is 17.8 Å². The zero-order chi connectivity index (χ0) is 26.4. The van der Waals surface area contributed by atoms with Gasteiger partial charge < -0.3 is 25.4 Å². The molecule has 3 amide bonds. The number of nitrogens with zero attached hydrogens (tertiary/aromatic N) is 1. The zero-order valence-electron chi connectivity index (χ0n) is 21.7. The molecule has 4 rings (SSSR count). The van der Waals surface area contributed by atoms with Crippen LogP contribution in [0.2, 0.25) is 0 Å². The molecule has 3 unspecified atom stereocenters. The van der Waals surface area contributed by atoms with Crippen molar-refractivity contribution in [3.05, 3.63) is 29.3 Å². The second kappa shape index (κ2) is 10.4. The molecule has 1 spiro atoms. The highest BCUT2D eigenvalue weighted by Crippen LogP contribution is 2.60. The number of benzene rings is 1. The number of rotatable bonds is 9. The molecule has 9 heteroatoms. The van der Waals surface area contributed by atoms with Crippen molar-refractivity contribution in [3.63, 3.8) is 0 Å². The van der Waals surface area contributed by atoms with Crippen LogP contribution in [0.25, 0.3) is 0 Å². The molecule has 7 atom stereocenters. The maximum atomic E-state index is 14.1. The van der Waals surface area contributed by atoms with Crippen LogP contribution in [-0.4, -0.2) is 69.5 Å². The van der Waals surface area contributed by atoms with E-state index in [9.17, 15) is 19.5 Å². The first kappa shape index (κ1) is 27.1. The molecule has 3 heterocycles. The van der Waals surface area contributed by atoms with E-state index in [2.05, 4.69) is 26.6 Å². The fraction of sp³-hybridized carbons (Fsp3) is 0.667. The Hall–Kier alpha value is -1.97. The Labute approximate surface area is 221 Å². The van der Waals surface area contributed by atoms with Gasteiger partial charge in [-0.15, -0.1) is 0 Å². The normalized spacial score (nSPS) is 31.6. The van der Waals surface area contributed by atoms with Gasteiger partial charge in [0.05, 0.1) is 30.6 Å². The molecule has 8 nitrogen and oxygen atoms in total. The van der Waals surface area contributed by atoms with Gasteiger partial charge in [0.15, 0.2) is 0 Å². The molecule has 3 saturated heterocycles. The Bertz CT molecular complexity index is 1030. The van der Waals surface area contributed by atoms with Gasteiger partial charge in [0.2, 0.25) is 17.7 Å². The number of hydrogen-bond acceptors (Lipinski definition) is 5. The second-order valence-corrected chi connectivity index (χ2v) is 12.1. The Morgan fingerprint density at radius 1 is 1.28 bits per heavy atom. The van der Waals surface area contributed by atoms with Gasteiger partial charge in [-0.2, -0.15) is 0 Å². The summed E-state index contributed by atoms with van der Waals surface area (Å²) in [5, 5.41) is 16.3. The van der Waals surface area contributed by atoms with Gasteiger partial charge in [-0.25, -0.2) is 0 Å². The van der Waals surface area contributed by atoms with Crippen LogP contribution >= 0.6 is 15.9 Å². The monoisotopic (exact) mass is 563 g/mol. The third kappa shape index (κ3) is 4.47. The van der Waals surface area contributed by atoms with E-state index in [0.29, 0.717) is 25.1 Å². The van der Waals surface area contributed by atoms with Crippen molar-refractivity contribution in [3.8, 4) is 0 Å². The van der Waals surface area contributed by atoms with Crippen LogP contribution in [-0.2, 0) is 19.1 Å². The number of aliphatic hydroxyl groups excluding tert-OH is 1. The number of fused-ring (bicyclic) bond motifs is 1. The van der Waals surface area contributed by atoms with Gasteiger partial charge in [0.1, 0.15) is 11.6 Å². The largest absolute Gasteiger partial charge is 0.394 e. The quantitative estimate of drug-likeness (QED) is 0.400. The molecular weight excluding hydrogens is 526 g/mol. The lowest BCUT2D eigenvalue weighted by molar-refractivity contribution is -0.144.